The van der Waals surface area contributed by atoms with Gasteiger partial charge in [0, 0.05) is 17.3 Å². The minimum atomic E-state index is 0.384. The van der Waals surface area contributed by atoms with Gasteiger partial charge in [0.05, 0.1) is 0 Å². The molecule has 0 aromatic rings. The predicted molar refractivity (Wildman–Crippen MR) is 76.2 cm³/mol. The molecule has 0 radical (unpaired) electrons. The molecule has 96 valence electrons. The molecule has 1 fully saturated rings. The zero-order chi connectivity index (χ0) is 12.2. The van der Waals surface area contributed by atoms with Gasteiger partial charge in [-0.1, -0.05) is 40.5 Å². The van der Waals surface area contributed by atoms with Crippen molar-refractivity contribution < 1.29 is 0 Å². The van der Waals surface area contributed by atoms with Gasteiger partial charge in [-0.3, -0.25) is 0 Å². The van der Waals surface area contributed by atoms with E-state index in [9.17, 15) is 0 Å². The summed E-state index contributed by atoms with van der Waals surface area (Å²) in [6, 6.07) is 1.40. The van der Waals surface area contributed by atoms with Crippen LogP contribution in [0.25, 0.3) is 0 Å². The zero-order valence-electron chi connectivity index (χ0n) is 11.7. The van der Waals surface area contributed by atoms with Crippen LogP contribution in [0.4, 0.5) is 0 Å². The third kappa shape index (κ3) is 3.96. The van der Waals surface area contributed by atoms with E-state index in [1.807, 2.05) is 0 Å². The molecule has 0 heterocycles. The molecule has 16 heavy (non-hydrogen) atoms. The van der Waals surface area contributed by atoms with Gasteiger partial charge in [0.25, 0.3) is 0 Å². The average Bonchev–Trinajstić information content (AvgIpc) is 2.24. The van der Waals surface area contributed by atoms with Crippen molar-refractivity contribution in [3.05, 3.63) is 0 Å². The van der Waals surface area contributed by atoms with Crippen LogP contribution < -0.4 is 5.32 Å². The van der Waals surface area contributed by atoms with E-state index >= 15 is 0 Å². The Morgan fingerprint density at radius 3 is 2.38 bits per heavy atom. The van der Waals surface area contributed by atoms with Crippen LogP contribution in [0, 0.1) is 5.41 Å². The maximum Gasteiger partial charge on any atom is 0.0198 e. The lowest BCUT2D eigenvalue weighted by molar-refractivity contribution is 0.221. The molecule has 1 aliphatic rings. The average molecular weight is 243 g/mol. The highest BCUT2D eigenvalue weighted by atomic mass is 32.2. The molecular formula is C14H29NS. The maximum atomic E-state index is 3.93. The fraction of sp³-hybridized carbons (Fsp3) is 1.00. The van der Waals surface area contributed by atoms with E-state index < -0.39 is 0 Å². The molecule has 0 saturated heterocycles. The predicted octanol–water partition coefficient (Wildman–Crippen LogP) is 4.07. The largest absolute Gasteiger partial charge is 0.310 e. The van der Waals surface area contributed by atoms with Gasteiger partial charge in [0.2, 0.25) is 0 Å². The van der Waals surface area contributed by atoms with Gasteiger partial charge in [-0.25, -0.2) is 0 Å². The summed E-state index contributed by atoms with van der Waals surface area (Å²) in [5.41, 5.74) is 0.384. The topological polar surface area (TPSA) is 12.0 Å². The SMILES string of the molecule is CCC(NC1CCCCC1SC)C(C)(C)C. The summed E-state index contributed by atoms with van der Waals surface area (Å²) >= 11 is 2.05. The third-order valence-electron chi connectivity index (χ3n) is 3.87. The monoisotopic (exact) mass is 243 g/mol. The lowest BCUT2D eigenvalue weighted by Crippen LogP contribution is -2.50. The van der Waals surface area contributed by atoms with Crippen molar-refractivity contribution in [3.63, 3.8) is 0 Å². The molecule has 1 rings (SSSR count). The van der Waals surface area contributed by atoms with Crippen LogP contribution in [0.2, 0.25) is 0 Å². The van der Waals surface area contributed by atoms with E-state index in [2.05, 4.69) is 51.0 Å². The summed E-state index contributed by atoms with van der Waals surface area (Å²) in [5.74, 6) is 0. The first kappa shape index (κ1) is 14.4. The van der Waals surface area contributed by atoms with Crippen LogP contribution in [0.15, 0.2) is 0 Å². The Labute approximate surface area is 106 Å². The fourth-order valence-corrected chi connectivity index (χ4v) is 3.75. The van der Waals surface area contributed by atoms with E-state index in [-0.39, 0.29) is 0 Å². The van der Waals surface area contributed by atoms with Crippen molar-refractivity contribution in [2.45, 2.75) is 77.1 Å². The van der Waals surface area contributed by atoms with Crippen LogP contribution in [0.3, 0.4) is 0 Å². The number of nitrogens with one attached hydrogen (secondary N) is 1. The molecule has 1 nitrogen and oxygen atoms in total. The van der Waals surface area contributed by atoms with Crippen LogP contribution in [0.5, 0.6) is 0 Å². The lowest BCUT2D eigenvalue weighted by atomic mass is 9.83. The molecule has 3 atom stereocenters. The summed E-state index contributed by atoms with van der Waals surface area (Å²) in [6.07, 6.45) is 9.12. The molecule has 0 aromatic carbocycles. The van der Waals surface area contributed by atoms with E-state index in [4.69, 9.17) is 0 Å². The second kappa shape index (κ2) is 6.30. The molecule has 0 bridgehead atoms. The van der Waals surface area contributed by atoms with Gasteiger partial charge >= 0.3 is 0 Å². The van der Waals surface area contributed by atoms with Gasteiger partial charge in [0.1, 0.15) is 0 Å². The second-order valence-electron chi connectivity index (χ2n) is 6.16. The molecule has 3 unspecified atom stereocenters. The van der Waals surface area contributed by atoms with Gasteiger partial charge in [-0.05, 0) is 30.9 Å². The fourth-order valence-electron chi connectivity index (χ4n) is 2.81. The molecule has 0 spiro atoms. The highest BCUT2D eigenvalue weighted by molar-refractivity contribution is 7.99. The van der Waals surface area contributed by atoms with Crippen LogP contribution in [-0.2, 0) is 0 Å². The van der Waals surface area contributed by atoms with Crippen LogP contribution in [0.1, 0.15) is 59.8 Å². The smallest absolute Gasteiger partial charge is 0.0198 e. The second-order valence-corrected chi connectivity index (χ2v) is 7.24. The first-order valence-electron chi connectivity index (χ1n) is 6.78. The molecule has 0 aromatic heterocycles. The van der Waals surface area contributed by atoms with E-state index in [1.165, 1.54) is 32.1 Å². The molecule has 1 aliphatic carbocycles. The molecule has 1 N–H and O–H groups in total. The maximum absolute atomic E-state index is 3.93. The first-order chi connectivity index (χ1) is 7.49. The summed E-state index contributed by atoms with van der Waals surface area (Å²) in [6.45, 7) is 9.36. The lowest BCUT2D eigenvalue weighted by Gasteiger charge is -2.39. The van der Waals surface area contributed by atoms with Gasteiger partial charge in [0.15, 0.2) is 0 Å². The third-order valence-corrected chi connectivity index (χ3v) is 5.04. The van der Waals surface area contributed by atoms with E-state index in [0.717, 1.165) is 11.3 Å². The Kier molecular flexibility index (Phi) is 5.66. The zero-order valence-corrected chi connectivity index (χ0v) is 12.5. The summed E-state index contributed by atoms with van der Waals surface area (Å²) in [5, 5.41) is 4.76. The Bertz CT molecular complexity index is 197. The number of hydrogen-bond acceptors (Lipinski definition) is 2. The van der Waals surface area contributed by atoms with Crippen LogP contribution in [-0.4, -0.2) is 23.6 Å². The van der Waals surface area contributed by atoms with Crippen LogP contribution >= 0.6 is 11.8 Å². The van der Waals surface area contributed by atoms with Crippen molar-refractivity contribution in [1.82, 2.24) is 5.32 Å². The van der Waals surface area contributed by atoms with Gasteiger partial charge < -0.3 is 5.32 Å². The molecular weight excluding hydrogens is 214 g/mol. The quantitative estimate of drug-likeness (QED) is 0.798. The van der Waals surface area contributed by atoms with Crippen molar-refractivity contribution in [3.8, 4) is 0 Å². The molecule has 1 saturated carbocycles. The Morgan fingerprint density at radius 2 is 1.88 bits per heavy atom. The Morgan fingerprint density at radius 1 is 1.25 bits per heavy atom. The van der Waals surface area contributed by atoms with Crippen molar-refractivity contribution >= 4 is 11.8 Å². The highest BCUT2D eigenvalue weighted by Gasteiger charge is 2.30. The summed E-state index contributed by atoms with van der Waals surface area (Å²) < 4.78 is 0. The Hall–Kier alpha value is 0.310. The molecule has 0 aliphatic heterocycles. The number of rotatable bonds is 4. The first-order valence-corrected chi connectivity index (χ1v) is 8.06. The standard InChI is InChI=1S/C14H29NS/c1-6-13(14(2,3)4)15-11-9-7-8-10-12(11)16-5/h11-13,15H,6-10H2,1-5H3. The van der Waals surface area contributed by atoms with E-state index in [1.54, 1.807) is 0 Å². The van der Waals surface area contributed by atoms with Crippen molar-refractivity contribution in [2.75, 3.05) is 6.26 Å². The minimum Gasteiger partial charge on any atom is -0.310 e. The number of hydrogen-bond donors (Lipinski definition) is 1. The minimum absolute atomic E-state index is 0.384. The van der Waals surface area contributed by atoms with E-state index in [0.29, 0.717) is 11.5 Å². The molecule has 2 heteroatoms. The molecule has 0 amide bonds. The Balaban J connectivity index is 2.55. The van der Waals surface area contributed by atoms with Gasteiger partial charge in [-0.2, -0.15) is 11.8 Å². The summed E-state index contributed by atoms with van der Waals surface area (Å²) in [7, 11) is 0. The summed E-state index contributed by atoms with van der Waals surface area (Å²) in [4.78, 5) is 0. The normalized spacial score (nSPS) is 29.1. The van der Waals surface area contributed by atoms with Gasteiger partial charge in [-0.15, -0.1) is 0 Å². The highest BCUT2D eigenvalue weighted by Crippen LogP contribution is 2.30. The van der Waals surface area contributed by atoms with Crippen molar-refractivity contribution in [2.24, 2.45) is 5.41 Å². The number of thioether (sulfide) groups is 1. The van der Waals surface area contributed by atoms with Crippen molar-refractivity contribution in [1.29, 1.82) is 0 Å².